The Kier molecular flexibility index (Phi) is 3.92. The van der Waals surface area contributed by atoms with Crippen molar-refractivity contribution in [1.29, 1.82) is 0 Å². The van der Waals surface area contributed by atoms with Crippen molar-refractivity contribution in [3.8, 4) is 0 Å². The van der Waals surface area contributed by atoms with Crippen LogP contribution in [-0.2, 0) is 21.9 Å². The number of likely N-dealkylation sites (tertiary alicyclic amines) is 1. The first-order chi connectivity index (χ1) is 11.2. The van der Waals surface area contributed by atoms with Crippen molar-refractivity contribution in [3.63, 3.8) is 0 Å². The van der Waals surface area contributed by atoms with E-state index in [2.05, 4.69) is 19.8 Å². The Hall–Kier alpha value is -2.27. The van der Waals surface area contributed by atoms with E-state index >= 15 is 0 Å². The van der Waals surface area contributed by atoms with E-state index in [9.17, 15) is 18.0 Å². The standard InChI is InChI=1S/C13H18N6O4S/c1-7(17-24(3,22)23)13(21)19-5-8(6-19)10-15-11-9(12(20)16-10)4-14-18(11)2/h4,7-8,17H,5-6H2,1-3H3,(H,15,16,20). The summed E-state index contributed by atoms with van der Waals surface area (Å²) in [6, 6.07) is -0.826. The van der Waals surface area contributed by atoms with E-state index in [0.717, 1.165) is 6.26 Å². The molecule has 130 valence electrons. The summed E-state index contributed by atoms with van der Waals surface area (Å²) < 4.78 is 26.2. The molecule has 24 heavy (non-hydrogen) atoms. The second-order valence-corrected chi connectivity index (χ2v) is 7.79. The fraction of sp³-hybridized carbons (Fsp3) is 0.538. The highest BCUT2D eigenvalue weighted by Crippen LogP contribution is 2.25. The smallest absolute Gasteiger partial charge is 0.262 e. The van der Waals surface area contributed by atoms with Gasteiger partial charge in [-0.05, 0) is 6.92 Å². The zero-order valence-corrected chi connectivity index (χ0v) is 14.3. The number of sulfonamides is 1. The molecule has 0 spiro atoms. The Morgan fingerprint density at radius 3 is 2.75 bits per heavy atom. The minimum absolute atomic E-state index is 0.0913. The molecule has 1 aliphatic heterocycles. The number of rotatable bonds is 4. The van der Waals surface area contributed by atoms with Crippen molar-refractivity contribution in [1.82, 2.24) is 29.4 Å². The normalized spacial score (nSPS) is 17.0. The van der Waals surface area contributed by atoms with Gasteiger partial charge in [0.2, 0.25) is 15.9 Å². The molecule has 1 aliphatic rings. The molecule has 1 unspecified atom stereocenters. The van der Waals surface area contributed by atoms with Gasteiger partial charge in [0, 0.05) is 20.1 Å². The van der Waals surface area contributed by atoms with E-state index in [1.54, 1.807) is 7.05 Å². The average Bonchev–Trinajstić information content (AvgIpc) is 2.77. The highest BCUT2D eigenvalue weighted by atomic mass is 32.2. The molecule has 0 bridgehead atoms. The maximum Gasteiger partial charge on any atom is 0.262 e. The van der Waals surface area contributed by atoms with Crippen LogP contribution in [0, 0.1) is 0 Å². The van der Waals surface area contributed by atoms with E-state index in [1.165, 1.54) is 22.7 Å². The molecule has 1 fully saturated rings. The SMILES string of the molecule is CC(NS(C)(=O)=O)C(=O)N1CC(c2nc3c(cnn3C)c(=O)[nH]2)C1. The fourth-order valence-electron chi connectivity index (χ4n) is 2.72. The first kappa shape index (κ1) is 16.6. The number of nitrogens with zero attached hydrogens (tertiary/aromatic N) is 4. The summed E-state index contributed by atoms with van der Waals surface area (Å²) in [6.45, 7) is 2.25. The van der Waals surface area contributed by atoms with Crippen LogP contribution in [0.3, 0.4) is 0 Å². The summed E-state index contributed by atoms with van der Waals surface area (Å²) in [5.74, 6) is 0.107. The molecule has 1 amide bonds. The molecule has 2 aromatic heterocycles. The van der Waals surface area contributed by atoms with Crippen molar-refractivity contribution in [2.45, 2.75) is 18.9 Å². The molecule has 3 heterocycles. The Labute approximate surface area is 137 Å². The molecule has 2 aromatic rings. The topological polar surface area (TPSA) is 130 Å². The lowest BCUT2D eigenvalue weighted by Gasteiger charge is -2.39. The van der Waals surface area contributed by atoms with E-state index < -0.39 is 16.1 Å². The lowest BCUT2D eigenvalue weighted by Crippen LogP contribution is -2.55. The Balaban J connectivity index is 1.71. The summed E-state index contributed by atoms with van der Waals surface area (Å²) >= 11 is 0. The van der Waals surface area contributed by atoms with Crippen LogP contribution in [0.2, 0.25) is 0 Å². The van der Waals surface area contributed by atoms with Crippen LogP contribution in [0.1, 0.15) is 18.7 Å². The Morgan fingerprint density at radius 2 is 2.12 bits per heavy atom. The van der Waals surface area contributed by atoms with Crippen molar-refractivity contribution in [3.05, 3.63) is 22.4 Å². The van der Waals surface area contributed by atoms with Gasteiger partial charge in [-0.15, -0.1) is 0 Å². The first-order valence-electron chi connectivity index (χ1n) is 7.33. The molecule has 2 N–H and O–H groups in total. The lowest BCUT2D eigenvalue weighted by molar-refractivity contribution is -0.137. The molecule has 0 saturated carbocycles. The van der Waals surface area contributed by atoms with Crippen LogP contribution in [0.4, 0.5) is 0 Å². The number of carbonyl (C=O) groups is 1. The van der Waals surface area contributed by atoms with Crippen LogP contribution in [0.5, 0.6) is 0 Å². The zero-order chi connectivity index (χ0) is 17.6. The summed E-state index contributed by atoms with van der Waals surface area (Å²) in [5.41, 5.74) is 0.227. The summed E-state index contributed by atoms with van der Waals surface area (Å²) in [6.07, 6.45) is 2.47. The molecular weight excluding hydrogens is 336 g/mol. The monoisotopic (exact) mass is 354 g/mol. The fourth-order valence-corrected chi connectivity index (χ4v) is 3.46. The van der Waals surface area contributed by atoms with Gasteiger partial charge in [-0.1, -0.05) is 0 Å². The van der Waals surface area contributed by atoms with Crippen LogP contribution in [-0.4, -0.2) is 64.4 Å². The van der Waals surface area contributed by atoms with Gasteiger partial charge in [0.15, 0.2) is 5.65 Å². The molecule has 10 nitrogen and oxygen atoms in total. The van der Waals surface area contributed by atoms with Gasteiger partial charge in [-0.25, -0.2) is 18.1 Å². The van der Waals surface area contributed by atoms with E-state index in [1.807, 2.05) is 0 Å². The third-order valence-corrected chi connectivity index (χ3v) is 4.74. The molecule has 1 atom stereocenters. The number of hydrogen-bond acceptors (Lipinski definition) is 6. The Bertz CT molecular complexity index is 956. The molecular formula is C13H18N6O4S. The van der Waals surface area contributed by atoms with Gasteiger partial charge in [-0.2, -0.15) is 5.10 Å². The summed E-state index contributed by atoms with van der Waals surface area (Å²) in [7, 11) is -1.74. The van der Waals surface area contributed by atoms with Crippen molar-refractivity contribution >= 4 is 27.0 Å². The molecule has 1 saturated heterocycles. The quantitative estimate of drug-likeness (QED) is 0.689. The summed E-state index contributed by atoms with van der Waals surface area (Å²) in [5, 5.41) is 4.42. The van der Waals surface area contributed by atoms with Crippen LogP contribution in [0.15, 0.2) is 11.0 Å². The van der Waals surface area contributed by atoms with Crippen molar-refractivity contribution in [2.24, 2.45) is 7.05 Å². The van der Waals surface area contributed by atoms with Crippen LogP contribution < -0.4 is 10.3 Å². The number of nitrogens with one attached hydrogen (secondary N) is 2. The molecule has 0 radical (unpaired) electrons. The number of aryl methyl sites for hydroxylation is 1. The predicted octanol–water partition coefficient (Wildman–Crippen LogP) is -1.48. The number of carbonyl (C=O) groups excluding carboxylic acids is 1. The minimum Gasteiger partial charge on any atom is -0.340 e. The maximum absolute atomic E-state index is 12.2. The average molecular weight is 354 g/mol. The van der Waals surface area contributed by atoms with Gasteiger partial charge in [0.25, 0.3) is 5.56 Å². The largest absolute Gasteiger partial charge is 0.340 e. The number of amides is 1. The highest BCUT2D eigenvalue weighted by molar-refractivity contribution is 7.88. The van der Waals surface area contributed by atoms with Gasteiger partial charge < -0.3 is 9.88 Å². The lowest BCUT2D eigenvalue weighted by atomic mass is 9.98. The van der Waals surface area contributed by atoms with Crippen molar-refractivity contribution in [2.75, 3.05) is 19.3 Å². The molecule has 0 aromatic carbocycles. The van der Waals surface area contributed by atoms with E-state index in [0.29, 0.717) is 29.9 Å². The van der Waals surface area contributed by atoms with Gasteiger partial charge in [0.1, 0.15) is 11.2 Å². The number of hydrogen-bond donors (Lipinski definition) is 2. The number of aromatic amines is 1. The molecule has 11 heteroatoms. The first-order valence-corrected chi connectivity index (χ1v) is 9.23. The second kappa shape index (κ2) is 5.67. The van der Waals surface area contributed by atoms with E-state index in [4.69, 9.17) is 0 Å². The molecule has 3 rings (SSSR count). The van der Waals surface area contributed by atoms with Crippen LogP contribution >= 0.6 is 0 Å². The van der Waals surface area contributed by atoms with Gasteiger partial charge in [0.05, 0.1) is 24.4 Å². The number of aromatic nitrogens is 4. The Morgan fingerprint density at radius 1 is 1.46 bits per heavy atom. The summed E-state index contributed by atoms with van der Waals surface area (Å²) in [4.78, 5) is 32.9. The van der Waals surface area contributed by atoms with Crippen molar-refractivity contribution < 1.29 is 13.2 Å². The zero-order valence-electron chi connectivity index (χ0n) is 13.5. The number of fused-ring (bicyclic) bond motifs is 1. The minimum atomic E-state index is -3.45. The molecule has 0 aliphatic carbocycles. The van der Waals surface area contributed by atoms with Gasteiger partial charge in [-0.3, -0.25) is 14.3 Å². The predicted molar refractivity (Wildman–Crippen MR) is 85.9 cm³/mol. The highest BCUT2D eigenvalue weighted by Gasteiger charge is 2.36. The third-order valence-electron chi connectivity index (χ3n) is 3.96. The maximum atomic E-state index is 12.2. The van der Waals surface area contributed by atoms with E-state index in [-0.39, 0.29) is 17.4 Å². The van der Waals surface area contributed by atoms with Gasteiger partial charge >= 0.3 is 0 Å². The van der Waals surface area contributed by atoms with Crippen LogP contribution in [0.25, 0.3) is 11.0 Å². The third kappa shape index (κ3) is 3.04. The second-order valence-electron chi connectivity index (χ2n) is 6.01. The number of H-pyrrole nitrogens is 1.